The number of rotatable bonds is 1. The Balaban J connectivity index is 2.52. The summed E-state index contributed by atoms with van der Waals surface area (Å²) in [5.41, 5.74) is -0.935. The first-order valence-electron chi connectivity index (χ1n) is 2.28. The third-order valence-electron chi connectivity index (χ3n) is 1.22. The number of hydrogen-bond donors (Lipinski definition) is 0. The summed E-state index contributed by atoms with van der Waals surface area (Å²) in [6, 6.07) is -3.09. The maximum atomic E-state index is 12.1. The maximum absolute atomic E-state index is 12.1. The molecular formula is C3H3Cl3F2Si. The molecule has 0 heterocycles. The Bertz CT molecular complexity index is 132. The van der Waals surface area contributed by atoms with Gasteiger partial charge < -0.3 is 0 Å². The Kier molecular flexibility index (Phi) is 1.76. The van der Waals surface area contributed by atoms with Crippen LogP contribution in [0.15, 0.2) is 0 Å². The van der Waals surface area contributed by atoms with Crippen molar-refractivity contribution in [3.05, 3.63) is 0 Å². The van der Waals surface area contributed by atoms with E-state index in [1.807, 2.05) is 0 Å². The highest BCUT2D eigenvalue weighted by atomic mass is 35.8. The van der Waals surface area contributed by atoms with Crippen LogP contribution in [-0.2, 0) is 0 Å². The molecule has 0 aromatic rings. The summed E-state index contributed by atoms with van der Waals surface area (Å²) in [5.74, 6) is -2.68. The molecule has 0 aliphatic heterocycles. The zero-order valence-corrected chi connectivity index (χ0v) is 7.44. The molecule has 0 nitrogen and oxygen atoms in total. The lowest BCUT2D eigenvalue weighted by Gasteiger charge is -2.03. The van der Waals surface area contributed by atoms with Crippen LogP contribution in [0.1, 0.15) is 6.42 Å². The van der Waals surface area contributed by atoms with E-state index in [1.165, 1.54) is 0 Å². The average molecular weight is 211 g/mol. The molecule has 1 aliphatic rings. The Morgan fingerprint density at radius 1 is 1.33 bits per heavy atom. The molecule has 0 spiro atoms. The third kappa shape index (κ3) is 1.70. The van der Waals surface area contributed by atoms with Gasteiger partial charge in [-0.3, -0.25) is 0 Å². The van der Waals surface area contributed by atoms with Crippen LogP contribution in [0.4, 0.5) is 8.78 Å². The maximum Gasteiger partial charge on any atom is 0.350 e. The van der Waals surface area contributed by atoms with E-state index in [0.29, 0.717) is 0 Å². The summed E-state index contributed by atoms with van der Waals surface area (Å²) in [6.07, 6.45) is -0.240. The van der Waals surface area contributed by atoms with Gasteiger partial charge in [-0.25, -0.2) is 8.78 Å². The van der Waals surface area contributed by atoms with Gasteiger partial charge in [0, 0.05) is 6.42 Å². The van der Waals surface area contributed by atoms with E-state index < -0.39 is 17.5 Å². The monoisotopic (exact) mass is 210 g/mol. The molecule has 0 amide bonds. The summed E-state index contributed by atoms with van der Waals surface area (Å²) < 4.78 is 24.1. The molecule has 54 valence electrons. The topological polar surface area (TPSA) is 0 Å². The summed E-state index contributed by atoms with van der Waals surface area (Å²) in [6.45, 7) is 0. The number of hydrogen-bond acceptors (Lipinski definition) is 0. The van der Waals surface area contributed by atoms with Crippen LogP contribution < -0.4 is 0 Å². The van der Waals surface area contributed by atoms with Crippen LogP contribution in [0, 0.1) is 0 Å². The van der Waals surface area contributed by atoms with Crippen LogP contribution in [0.2, 0.25) is 5.54 Å². The molecule has 1 fully saturated rings. The summed E-state index contributed by atoms with van der Waals surface area (Å²) in [5, 5.41) is 0. The van der Waals surface area contributed by atoms with Gasteiger partial charge >= 0.3 is 6.00 Å². The minimum Gasteiger partial charge on any atom is -0.207 e. The van der Waals surface area contributed by atoms with Gasteiger partial charge in [0.05, 0.1) is 5.54 Å². The van der Waals surface area contributed by atoms with E-state index in [4.69, 9.17) is 33.2 Å². The van der Waals surface area contributed by atoms with Crippen LogP contribution in [0.25, 0.3) is 0 Å². The van der Waals surface area contributed by atoms with Gasteiger partial charge in [0.15, 0.2) is 0 Å². The van der Waals surface area contributed by atoms with Crippen molar-refractivity contribution in [3.8, 4) is 0 Å². The van der Waals surface area contributed by atoms with Crippen molar-refractivity contribution in [3.63, 3.8) is 0 Å². The van der Waals surface area contributed by atoms with Crippen LogP contribution in [0.5, 0.6) is 0 Å². The highest BCUT2D eigenvalue weighted by Crippen LogP contribution is 2.62. The van der Waals surface area contributed by atoms with Gasteiger partial charge in [-0.05, 0) is 0 Å². The van der Waals surface area contributed by atoms with Gasteiger partial charge in [0.2, 0.25) is 0 Å². The molecule has 1 atom stereocenters. The van der Waals surface area contributed by atoms with E-state index in [1.54, 1.807) is 0 Å². The van der Waals surface area contributed by atoms with Gasteiger partial charge in [-0.15, -0.1) is 33.2 Å². The van der Waals surface area contributed by atoms with Crippen molar-refractivity contribution in [2.75, 3.05) is 0 Å². The predicted octanol–water partition coefficient (Wildman–Crippen LogP) is 3.05. The number of alkyl halides is 2. The van der Waals surface area contributed by atoms with Gasteiger partial charge in [-0.2, -0.15) is 0 Å². The van der Waals surface area contributed by atoms with E-state index >= 15 is 0 Å². The molecule has 0 bridgehead atoms. The first kappa shape index (κ1) is 8.05. The second kappa shape index (κ2) is 1.97. The smallest absolute Gasteiger partial charge is 0.207 e. The summed E-state index contributed by atoms with van der Waals surface area (Å²) in [4.78, 5) is 0. The van der Waals surface area contributed by atoms with Crippen molar-refractivity contribution in [1.29, 1.82) is 0 Å². The van der Waals surface area contributed by atoms with Crippen molar-refractivity contribution in [2.45, 2.75) is 17.9 Å². The fourth-order valence-electron chi connectivity index (χ4n) is 0.568. The molecule has 0 saturated heterocycles. The highest BCUT2D eigenvalue weighted by molar-refractivity contribution is 7.65. The Morgan fingerprint density at radius 3 is 1.67 bits per heavy atom. The SMILES string of the molecule is FC1(F)CC1[Si](Cl)(Cl)Cl. The minimum atomic E-state index is -3.09. The van der Waals surface area contributed by atoms with Crippen molar-refractivity contribution in [2.24, 2.45) is 0 Å². The summed E-state index contributed by atoms with van der Waals surface area (Å²) in [7, 11) is 0. The van der Waals surface area contributed by atoms with E-state index in [9.17, 15) is 8.78 Å². The van der Waals surface area contributed by atoms with Gasteiger partial charge in [0.25, 0.3) is 5.92 Å². The molecule has 6 heteroatoms. The fourth-order valence-corrected chi connectivity index (χ4v) is 3.68. The van der Waals surface area contributed by atoms with Crippen LogP contribution in [0.3, 0.4) is 0 Å². The molecular weight excluding hydrogens is 208 g/mol. The zero-order valence-electron chi connectivity index (χ0n) is 4.17. The normalized spacial score (nSPS) is 32.3. The molecule has 0 aromatic heterocycles. The molecule has 9 heavy (non-hydrogen) atoms. The van der Waals surface area contributed by atoms with Crippen LogP contribution in [-0.4, -0.2) is 11.9 Å². The Hall–Kier alpha value is 0.947. The second-order valence-electron chi connectivity index (χ2n) is 2.06. The van der Waals surface area contributed by atoms with Gasteiger partial charge in [0.1, 0.15) is 0 Å². The third-order valence-corrected chi connectivity index (χ3v) is 5.01. The largest absolute Gasteiger partial charge is 0.350 e. The molecule has 1 saturated carbocycles. The van der Waals surface area contributed by atoms with E-state index in [2.05, 4.69) is 0 Å². The zero-order chi connectivity index (χ0) is 7.28. The molecule has 0 N–H and O–H groups in total. The quantitative estimate of drug-likeness (QED) is 0.462. The molecule has 1 aliphatic carbocycles. The van der Waals surface area contributed by atoms with Crippen LogP contribution >= 0.6 is 33.2 Å². The average Bonchev–Trinajstić information content (AvgIpc) is 2.10. The number of halogens is 5. The Morgan fingerprint density at radius 2 is 1.67 bits per heavy atom. The minimum absolute atomic E-state index is 0.240. The standard InChI is InChI=1S/C3H3Cl3F2Si/c4-9(5,6)2-1-3(2,7)8/h2H,1H2. The lowest BCUT2D eigenvalue weighted by Crippen LogP contribution is -2.13. The first-order valence-corrected chi connectivity index (χ1v) is 7.40. The van der Waals surface area contributed by atoms with Gasteiger partial charge in [-0.1, -0.05) is 0 Å². The summed E-state index contributed by atoms with van der Waals surface area (Å²) >= 11 is 15.9. The second-order valence-corrected chi connectivity index (χ2v) is 10.9. The predicted molar refractivity (Wildman–Crippen MR) is 36.6 cm³/mol. The molecule has 1 rings (SSSR count). The van der Waals surface area contributed by atoms with Crippen molar-refractivity contribution >= 4 is 39.2 Å². The van der Waals surface area contributed by atoms with Crippen molar-refractivity contribution in [1.82, 2.24) is 0 Å². The lowest BCUT2D eigenvalue weighted by molar-refractivity contribution is 0.120. The fraction of sp³-hybridized carbons (Fsp3) is 1.00. The molecule has 0 radical (unpaired) electrons. The first-order chi connectivity index (χ1) is 3.84. The van der Waals surface area contributed by atoms with Crippen molar-refractivity contribution < 1.29 is 8.78 Å². The molecule has 0 aromatic carbocycles. The Labute approximate surface area is 66.2 Å². The van der Waals surface area contributed by atoms with E-state index in [0.717, 1.165) is 0 Å². The molecule has 1 unspecified atom stereocenters. The lowest BCUT2D eigenvalue weighted by atomic mass is 10.8. The highest BCUT2D eigenvalue weighted by Gasteiger charge is 2.67. The van der Waals surface area contributed by atoms with E-state index in [-0.39, 0.29) is 6.42 Å².